The molecule has 39 heavy (non-hydrogen) atoms. The number of ketones is 1. The van der Waals surface area contributed by atoms with Crippen LogP contribution in [-0.2, 0) is 15.6 Å². The lowest BCUT2D eigenvalue weighted by atomic mass is 9.81. The van der Waals surface area contributed by atoms with Crippen LogP contribution >= 0.6 is 0 Å². The van der Waals surface area contributed by atoms with E-state index in [1.54, 1.807) is 31.2 Å². The first-order valence-corrected chi connectivity index (χ1v) is 13.4. The molecule has 0 aromatic heterocycles. The number of fused-ring (bicyclic) bond motifs is 2. The summed E-state index contributed by atoms with van der Waals surface area (Å²) < 4.78 is 8.36. The van der Waals surface area contributed by atoms with Gasteiger partial charge in [0, 0.05) is 34.5 Å². The van der Waals surface area contributed by atoms with Crippen LogP contribution in [0.15, 0.2) is 90.7 Å². The zero-order valence-electron chi connectivity index (χ0n) is 23.7. The highest BCUT2D eigenvalue weighted by molar-refractivity contribution is 6.03. The minimum absolute atomic E-state index is 0.133. The van der Waals surface area contributed by atoms with Gasteiger partial charge in [-0.15, -0.1) is 0 Å². The molecule has 200 valence electrons. The van der Waals surface area contributed by atoms with Crippen LogP contribution in [0.5, 0.6) is 11.5 Å². The Morgan fingerprint density at radius 2 is 1.69 bits per heavy atom. The molecule has 0 spiro atoms. The van der Waals surface area contributed by atoms with E-state index in [-0.39, 0.29) is 22.4 Å². The van der Waals surface area contributed by atoms with Gasteiger partial charge in [0.05, 0.1) is 12.0 Å². The summed E-state index contributed by atoms with van der Waals surface area (Å²) >= 11 is 0. The fourth-order valence-electron chi connectivity index (χ4n) is 5.87. The Hall–Kier alpha value is -4.12. The summed E-state index contributed by atoms with van der Waals surface area (Å²) in [7, 11) is 0. The predicted molar refractivity (Wildman–Crippen MR) is 157 cm³/mol. The molecule has 2 aliphatic rings. The minimum Gasteiger partial charge on any atom is -0.508 e. The van der Waals surface area contributed by atoms with Gasteiger partial charge >= 0.3 is 0 Å². The maximum Gasteiger partial charge on any atom is 0.292 e. The number of hydrogen-bond donors (Lipinski definition) is 1. The maximum atomic E-state index is 12.3. The number of aromatic hydroxyl groups is 1. The third-order valence-corrected chi connectivity index (χ3v) is 7.93. The fourth-order valence-corrected chi connectivity index (χ4v) is 5.87. The molecule has 2 aliphatic heterocycles. The van der Waals surface area contributed by atoms with Gasteiger partial charge in [-0.25, -0.2) is 0 Å². The summed E-state index contributed by atoms with van der Waals surface area (Å²) in [6.07, 6.45) is 6.44. The summed E-state index contributed by atoms with van der Waals surface area (Å²) in [6.45, 7) is 13.4. The molecule has 5 nitrogen and oxygen atoms in total. The van der Waals surface area contributed by atoms with E-state index in [2.05, 4.69) is 105 Å². The number of phenolic OH excluding ortho intramolecular Hbond substituents is 1. The van der Waals surface area contributed by atoms with Crippen LogP contribution in [-0.4, -0.2) is 34.5 Å². The molecule has 0 fully saturated rings. The van der Waals surface area contributed by atoms with Gasteiger partial charge in [0.2, 0.25) is 5.69 Å². The van der Waals surface area contributed by atoms with Crippen LogP contribution in [0.25, 0.3) is 0 Å². The predicted octanol–water partition coefficient (Wildman–Crippen LogP) is 6.94. The second kappa shape index (κ2) is 9.88. The van der Waals surface area contributed by atoms with Crippen molar-refractivity contribution in [3.8, 4) is 11.5 Å². The van der Waals surface area contributed by atoms with E-state index >= 15 is 0 Å². The molecular weight excluding hydrogens is 484 g/mol. The van der Waals surface area contributed by atoms with Gasteiger partial charge in [-0.1, -0.05) is 55.8 Å². The number of ether oxygens (including phenoxy) is 1. The number of benzene rings is 3. The van der Waals surface area contributed by atoms with Crippen molar-refractivity contribution in [3.05, 3.63) is 107 Å². The SMILES string of the molecule is CC(=O)CN1C(=CC=CC2=[N+](COc3ccc(O)cc3)c3ccccc3C2(C)C)C(C)(C)c2cc(C)ccc21. The first-order valence-electron chi connectivity index (χ1n) is 13.4. The maximum absolute atomic E-state index is 12.3. The van der Waals surface area contributed by atoms with Crippen LogP contribution in [0.2, 0.25) is 0 Å². The summed E-state index contributed by atoms with van der Waals surface area (Å²) in [5.74, 6) is 1.04. The summed E-state index contributed by atoms with van der Waals surface area (Å²) in [5.41, 5.74) is 7.70. The van der Waals surface area contributed by atoms with E-state index in [1.165, 1.54) is 16.7 Å². The summed E-state index contributed by atoms with van der Waals surface area (Å²) in [5, 5.41) is 9.63. The van der Waals surface area contributed by atoms with Crippen molar-refractivity contribution in [2.45, 2.75) is 52.4 Å². The molecule has 5 heteroatoms. The van der Waals surface area contributed by atoms with Gasteiger partial charge in [-0.2, -0.15) is 4.58 Å². The Bertz CT molecular complexity index is 1520. The molecule has 0 atom stereocenters. The van der Waals surface area contributed by atoms with Crippen molar-refractivity contribution >= 4 is 22.9 Å². The molecule has 2 heterocycles. The Morgan fingerprint density at radius 3 is 2.41 bits per heavy atom. The van der Waals surface area contributed by atoms with Crippen molar-refractivity contribution in [2.75, 3.05) is 18.2 Å². The average molecular weight is 522 g/mol. The van der Waals surface area contributed by atoms with Gasteiger partial charge in [-0.3, -0.25) is 4.79 Å². The molecule has 3 aromatic carbocycles. The Balaban J connectivity index is 1.54. The summed E-state index contributed by atoms with van der Waals surface area (Å²) in [6, 6.07) is 21.7. The number of carbonyl (C=O) groups is 1. The molecule has 0 radical (unpaired) electrons. The second-order valence-electron chi connectivity index (χ2n) is 11.6. The molecule has 0 saturated heterocycles. The highest BCUT2D eigenvalue weighted by Gasteiger charge is 2.44. The normalized spacial score (nSPS) is 18.1. The van der Waals surface area contributed by atoms with Gasteiger partial charge in [0.1, 0.15) is 17.3 Å². The van der Waals surface area contributed by atoms with E-state index in [9.17, 15) is 9.90 Å². The molecule has 5 rings (SSSR count). The van der Waals surface area contributed by atoms with Crippen molar-refractivity contribution in [1.82, 2.24) is 0 Å². The lowest BCUT2D eigenvalue weighted by Gasteiger charge is -2.26. The zero-order valence-corrected chi connectivity index (χ0v) is 23.7. The largest absolute Gasteiger partial charge is 0.508 e. The van der Waals surface area contributed by atoms with Crippen LogP contribution in [0, 0.1) is 6.92 Å². The van der Waals surface area contributed by atoms with Gasteiger partial charge in [0.25, 0.3) is 6.73 Å². The Labute approximate surface area is 231 Å². The number of carbonyl (C=O) groups excluding carboxylic acids is 1. The van der Waals surface area contributed by atoms with Gasteiger partial charge in [-0.05, 0) is 69.7 Å². The molecule has 0 aliphatic carbocycles. The van der Waals surface area contributed by atoms with E-state index in [1.807, 2.05) is 0 Å². The second-order valence-corrected chi connectivity index (χ2v) is 11.6. The number of anilines is 1. The number of nitrogens with zero attached hydrogens (tertiary/aromatic N) is 2. The van der Waals surface area contributed by atoms with Crippen molar-refractivity contribution in [2.24, 2.45) is 0 Å². The van der Waals surface area contributed by atoms with Gasteiger partial charge < -0.3 is 14.7 Å². The zero-order chi connectivity index (χ0) is 27.9. The molecule has 0 unspecified atom stereocenters. The molecule has 1 N–H and O–H groups in total. The number of para-hydroxylation sites is 1. The number of Topliss-reactive ketones (excluding diaryl/α,β-unsaturated/α-hetero) is 1. The number of phenols is 1. The first kappa shape index (κ1) is 26.5. The molecular formula is C34H37N2O3+. The molecule has 0 bridgehead atoms. The lowest BCUT2D eigenvalue weighted by molar-refractivity contribution is -0.475. The lowest BCUT2D eigenvalue weighted by Crippen LogP contribution is -2.30. The number of allylic oxidation sites excluding steroid dienone is 4. The van der Waals surface area contributed by atoms with Crippen molar-refractivity contribution in [3.63, 3.8) is 0 Å². The van der Waals surface area contributed by atoms with Crippen molar-refractivity contribution < 1.29 is 19.2 Å². The van der Waals surface area contributed by atoms with E-state index in [0.29, 0.717) is 19.0 Å². The third-order valence-electron chi connectivity index (χ3n) is 7.93. The summed E-state index contributed by atoms with van der Waals surface area (Å²) in [4.78, 5) is 14.4. The average Bonchev–Trinajstić information content (AvgIpc) is 3.22. The molecule has 3 aromatic rings. The van der Waals surface area contributed by atoms with Crippen molar-refractivity contribution in [1.29, 1.82) is 0 Å². The number of aryl methyl sites for hydroxylation is 1. The highest BCUT2D eigenvalue weighted by Crippen LogP contribution is 2.48. The monoisotopic (exact) mass is 521 g/mol. The number of hydrogen-bond acceptors (Lipinski definition) is 4. The van der Waals surface area contributed by atoms with Crippen LogP contribution in [0.1, 0.15) is 51.3 Å². The quantitative estimate of drug-likeness (QED) is 0.342. The Morgan fingerprint density at radius 1 is 0.974 bits per heavy atom. The number of rotatable bonds is 7. The van der Waals surface area contributed by atoms with Crippen LogP contribution in [0.4, 0.5) is 11.4 Å². The van der Waals surface area contributed by atoms with E-state index in [0.717, 1.165) is 22.8 Å². The van der Waals surface area contributed by atoms with E-state index < -0.39 is 0 Å². The smallest absolute Gasteiger partial charge is 0.292 e. The minimum atomic E-state index is -0.234. The van der Waals surface area contributed by atoms with Gasteiger partial charge in [0.15, 0.2) is 5.71 Å². The van der Waals surface area contributed by atoms with Crippen LogP contribution in [0.3, 0.4) is 0 Å². The fraction of sp³-hybridized carbons (Fsp3) is 0.294. The molecule has 0 saturated carbocycles. The highest BCUT2D eigenvalue weighted by atomic mass is 16.5. The Kier molecular flexibility index (Phi) is 6.71. The standard InChI is InChI=1S/C34H36N2O3/c1-23-14-19-30-28(20-23)34(5,6)31(35(30)21-24(2)37)12-9-13-32-33(3,4)27-10-7-8-11-29(27)36(32)22-39-26-17-15-25(38)16-18-26/h7-20H,21-22H2,1-6H3/p+1. The van der Waals surface area contributed by atoms with Crippen LogP contribution < -0.4 is 9.64 Å². The third kappa shape index (κ3) is 4.78. The van der Waals surface area contributed by atoms with E-state index in [4.69, 9.17) is 4.74 Å². The molecule has 0 amide bonds. The first-order chi connectivity index (χ1) is 18.5. The topological polar surface area (TPSA) is 52.8 Å².